The van der Waals surface area contributed by atoms with Gasteiger partial charge in [-0.05, 0) is 54.6 Å². The van der Waals surface area contributed by atoms with Gasteiger partial charge in [0.2, 0.25) is 0 Å². The number of hydrogen-bond acceptors (Lipinski definition) is 6. The van der Waals surface area contributed by atoms with Crippen molar-refractivity contribution in [1.82, 2.24) is 0 Å². The quantitative estimate of drug-likeness (QED) is 0.320. The lowest BCUT2D eigenvalue weighted by molar-refractivity contribution is 0.0686. The minimum Gasteiger partial charge on any atom is -0.478 e. The van der Waals surface area contributed by atoms with Crippen LogP contribution in [0.5, 0.6) is 0 Å². The minimum absolute atomic E-state index is 0.0776. The van der Waals surface area contributed by atoms with Gasteiger partial charge in [-0.15, -0.1) is 0 Å². The summed E-state index contributed by atoms with van der Waals surface area (Å²) in [6.07, 6.45) is 0. The second kappa shape index (κ2) is 9.02. The van der Waals surface area contributed by atoms with Crippen LogP contribution in [0.2, 0.25) is 0 Å². The van der Waals surface area contributed by atoms with Crippen LogP contribution in [0.1, 0.15) is 62.1 Å². The zero-order valence-electron chi connectivity index (χ0n) is 18.0. The van der Waals surface area contributed by atoms with Crippen LogP contribution in [0.15, 0.2) is 54.6 Å². The molecule has 0 spiro atoms. The topological polar surface area (TPSA) is 199 Å². The van der Waals surface area contributed by atoms with Crippen LogP contribution in [0.25, 0.3) is 0 Å². The predicted octanol–water partition coefficient (Wildman–Crippen LogP) is 2.85. The maximum Gasteiger partial charge on any atom is 0.335 e. The Morgan fingerprint density at radius 2 is 0.694 bits per heavy atom. The van der Waals surface area contributed by atoms with Gasteiger partial charge in [0.25, 0.3) is 17.7 Å². The van der Waals surface area contributed by atoms with E-state index < -0.39 is 35.6 Å². The van der Waals surface area contributed by atoms with Crippen molar-refractivity contribution in [2.45, 2.75) is 0 Å². The lowest BCUT2D eigenvalue weighted by Gasteiger charge is -2.11. The zero-order valence-corrected chi connectivity index (χ0v) is 18.0. The number of aromatic carboxylic acids is 3. The van der Waals surface area contributed by atoms with Gasteiger partial charge in [-0.25, -0.2) is 14.4 Å². The molecule has 1 aliphatic rings. The van der Waals surface area contributed by atoms with Crippen molar-refractivity contribution in [3.05, 3.63) is 88.0 Å². The molecule has 0 aromatic heterocycles. The fourth-order valence-electron chi connectivity index (χ4n) is 3.47. The summed E-state index contributed by atoms with van der Waals surface area (Å²) >= 11 is 0. The number of amides is 3. The molecule has 0 saturated heterocycles. The van der Waals surface area contributed by atoms with Crippen LogP contribution >= 0.6 is 0 Å². The average Bonchev–Trinajstić information content (AvgIpc) is 2.82. The van der Waals surface area contributed by atoms with Crippen molar-refractivity contribution in [2.24, 2.45) is 0 Å². The fourth-order valence-corrected chi connectivity index (χ4v) is 3.47. The lowest BCUT2D eigenvalue weighted by atomic mass is 10.1. The molecule has 0 fully saturated rings. The van der Waals surface area contributed by atoms with Gasteiger partial charge in [0.15, 0.2) is 0 Å². The van der Waals surface area contributed by atoms with E-state index in [0.29, 0.717) is 0 Å². The van der Waals surface area contributed by atoms with E-state index in [1.54, 1.807) is 0 Å². The molecule has 12 nitrogen and oxygen atoms in total. The van der Waals surface area contributed by atoms with Gasteiger partial charge in [0.05, 0.1) is 16.7 Å². The van der Waals surface area contributed by atoms with Crippen molar-refractivity contribution >= 4 is 52.7 Å². The third kappa shape index (κ3) is 4.87. The first-order valence-electron chi connectivity index (χ1n) is 10.1. The van der Waals surface area contributed by atoms with Crippen LogP contribution in [-0.4, -0.2) is 50.9 Å². The van der Waals surface area contributed by atoms with Crippen LogP contribution in [0.3, 0.4) is 0 Å². The minimum atomic E-state index is -1.39. The molecule has 0 aliphatic carbocycles. The van der Waals surface area contributed by atoms with Crippen molar-refractivity contribution in [3.63, 3.8) is 0 Å². The first-order valence-corrected chi connectivity index (χ1v) is 10.1. The summed E-state index contributed by atoms with van der Waals surface area (Å²) < 4.78 is 0. The Hall–Kier alpha value is -5.52. The molecule has 6 bridgehead atoms. The van der Waals surface area contributed by atoms with Crippen LogP contribution < -0.4 is 16.0 Å². The predicted molar refractivity (Wildman–Crippen MR) is 124 cm³/mol. The van der Waals surface area contributed by atoms with Gasteiger partial charge in [-0.3, -0.25) is 14.4 Å². The maximum atomic E-state index is 12.9. The van der Waals surface area contributed by atoms with Gasteiger partial charge in [-0.1, -0.05) is 0 Å². The summed E-state index contributed by atoms with van der Waals surface area (Å²) in [7, 11) is 0. The summed E-state index contributed by atoms with van der Waals surface area (Å²) in [5.74, 6) is -6.70. The number of hydrogen-bond donors (Lipinski definition) is 6. The van der Waals surface area contributed by atoms with Crippen molar-refractivity contribution in [3.8, 4) is 0 Å². The Kier molecular flexibility index (Phi) is 5.92. The monoisotopic (exact) mass is 489 g/mol. The van der Waals surface area contributed by atoms with E-state index in [1.807, 2.05) is 0 Å². The Bertz CT molecular complexity index is 1330. The molecule has 1 heterocycles. The molecule has 1 aliphatic heterocycles. The zero-order chi connectivity index (χ0) is 26.1. The molecule has 3 aromatic rings. The number of anilines is 3. The van der Waals surface area contributed by atoms with E-state index in [-0.39, 0.29) is 50.4 Å². The van der Waals surface area contributed by atoms with E-state index in [4.69, 9.17) is 0 Å². The first-order chi connectivity index (χ1) is 17.0. The molecule has 4 rings (SSSR count). The Morgan fingerprint density at radius 3 is 0.917 bits per heavy atom. The molecule has 0 unspecified atom stereocenters. The molecule has 6 N–H and O–H groups in total. The van der Waals surface area contributed by atoms with Crippen molar-refractivity contribution in [1.29, 1.82) is 0 Å². The summed E-state index contributed by atoms with van der Waals surface area (Å²) in [4.78, 5) is 73.4. The van der Waals surface area contributed by atoms with Gasteiger partial charge < -0.3 is 31.3 Å². The SMILES string of the molecule is O=C(O)c1cc2cc(c1)C(=O)Nc1cc(C(=O)O)cc(c1)C(=O)Nc1cc(C(=O)O)cc(c1)C(=O)N2. The van der Waals surface area contributed by atoms with Gasteiger partial charge >= 0.3 is 17.9 Å². The van der Waals surface area contributed by atoms with E-state index in [0.717, 1.165) is 36.4 Å². The molecule has 0 saturated carbocycles. The third-order valence-electron chi connectivity index (χ3n) is 5.10. The smallest absolute Gasteiger partial charge is 0.335 e. The molecule has 0 radical (unpaired) electrons. The first kappa shape index (κ1) is 23.6. The largest absolute Gasteiger partial charge is 0.478 e. The summed E-state index contributed by atoms with van der Waals surface area (Å²) in [6, 6.07) is 9.99. The van der Waals surface area contributed by atoms with Crippen LogP contribution in [0, 0.1) is 0 Å². The highest BCUT2D eigenvalue weighted by atomic mass is 16.4. The normalized spacial score (nSPS) is 12.8. The van der Waals surface area contributed by atoms with E-state index in [9.17, 15) is 44.1 Å². The number of carboxylic acids is 3. The Balaban J connectivity index is 1.95. The summed E-state index contributed by atoms with van der Waals surface area (Å²) in [6.45, 7) is 0. The van der Waals surface area contributed by atoms with E-state index >= 15 is 0 Å². The molecule has 3 aromatic carbocycles. The molecule has 0 atom stereocenters. The Morgan fingerprint density at radius 1 is 0.444 bits per heavy atom. The molecular weight excluding hydrogens is 474 g/mol. The van der Waals surface area contributed by atoms with Gasteiger partial charge in [0.1, 0.15) is 0 Å². The second-order valence-electron chi connectivity index (χ2n) is 7.67. The molecule has 36 heavy (non-hydrogen) atoms. The summed E-state index contributed by atoms with van der Waals surface area (Å²) in [5.41, 5.74) is -1.80. The van der Waals surface area contributed by atoms with Gasteiger partial charge in [-0.2, -0.15) is 0 Å². The van der Waals surface area contributed by atoms with Crippen LogP contribution in [0.4, 0.5) is 17.1 Å². The number of carbonyl (C=O) groups is 6. The summed E-state index contributed by atoms with van der Waals surface area (Å²) in [5, 5.41) is 35.6. The number of carboxylic acid groups (broad SMARTS) is 3. The number of nitrogens with one attached hydrogen (secondary N) is 3. The molecule has 3 amide bonds. The standard InChI is InChI=1S/C24H15N3O9/c28-19-10-1-13(22(31)32)7-16(4-10)26-20(29)12-3-15(24(35)36)9-18(6-12)27-21(30)11-2-14(23(33)34)8-17(5-11)25-19/h1-9H,(H,25,28)(H,26,29)(H,27,30)(H,31,32)(H,33,34)(H,35,36). The average molecular weight is 489 g/mol. The van der Waals surface area contributed by atoms with E-state index in [2.05, 4.69) is 16.0 Å². The van der Waals surface area contributed by atoms with Gasteiger partial charge in [0, 0.05) is 33.8 Å². The lowest BCUT2D eigenvalue weighted by Crippen LogP contribution is -2.17. The number of benzene rings is 3. The Labute approximate surface area is 201 Å². The molecular formula is C24H15N3O9. The van der Waals surface area contributed by atoms with Crippen molar-refractivity contribution < 1.29 is 44.1 Å². The third-order valence-corrected chi connectivity index (χ3v) is 5.10. The number of carbonyl (C=O) groups excluding carboxylic acids is 3. The van der Waals surface area contributed by atoms with Crippen molar-refractivity contribution in [2.75, 3.05) is 16.0 Å². The highest BCUT2D eigenvalue weighted by Crippen LogP contribution is 2.23. The number of rotatable bonds is 3. The highest BCUT2D eigenvalue weighted by molar-refractivity contribution is 6.12. The van der Waals surface area contributed by atoms with Crippen LogP contribution in [-0.2, 0) is 0 Å². The number of fused-ring (bicyclic) bond motifs is 6. The fraction of sp³-hybridized carbons (Fsp3) is 0. The molecule has 180 valence electrons. The highest BCUT2D eigenvalue weighted by Gasteiger charge is 2.20. The molecule has 12 heteroatoms. The maximum absolute atomic E-state index is 12.9. The second-order valence-corrected chi connectivity index (χ2v) is 7.67. The van der Waals surface area contributed by atoms with E-state index in [1.165, 1.54) is 18.2 Å².